The van der Waals surface area contributed by atoms with Gasteiger partial charge in [0.15, 0.2) is 0 Å². The predicted molar refractivity (Wildman–Crippen MR) is 92.1 cm³/mol. The molecule has 0 unspecified atom stereocenters. The number of hydrogen-bond donors (Lipinski definition) is 0. The molecule has 3 aromatic heterocycles. The summed E-state index contributed by atoms with van der Waals surface area (Å²) in [5, 5.41) is 4.23. The lowest BCUT2D eigenvalue weighted by Gasteiger charge is -2.27. The minimum absolute atomic E-state index is 0.863. The van der Waals surface area contributed by atoms with Crippen molar-refractivity contribution >= 4 is 11.3 Å². The van der Waals surface area contributed by atoms with Gasteiger partial charge in [0.05, 0.1) is 11.4 Å². The summed E-state index contributed by atoms with van der Waals surface area (Å²) in [6.45, 7) is 4.74. The highest BCUT2D eigenvalue weighted by molar-refractivity contribution is 7.08. The van der Waals surface area contributed by atoms with Crippen molar-refractivity contribution < 1.29 is 0 Å². The van der Waals surface area contributed by atoms with Gasteiger partial charge in [0.2, 0.25) is 0 Å². The van der Waals surface area contributed by atoms with Gasteiger partial charge in [0.25, 0.3) is 0 Å². The largest absolute Gasteiger partial charge is 0.293 e. The Balaban J connectivity index is 1.51. The van der Waals surface area contributed by atoms with E-state index in [-0.39, 0.29) is 0 Å². The van der Waals surface area contributed by atoms with E-state index in [1.807, 2.05) is 13.1 Å². The lowest BCUT2D eigenvalue weighted by Crippen LogP contribution is -2.31. The molecule has 0 N–H and O–H groups in total. The number of rotatable bonds is 3. The molecule has 0 saturated heterocycles. The van der Waals surface area contributed by atoms with Crippen molar-refractivity contribution in [1.29, 1.82) is 0 Å². The van der Waals surface area contributed by atoms with Gasteiger partial charge in [-0.3, -0.25) is 9.88 Å². The minimum atomic E-state index is 0.863. The van der Waals surface area contributed by atoms with E-state index in [1.165, 1.54) is 16.8 Å². The molecule has 0 amide bonds. The Labute approximate surface area is 139 Å². The van der Waals surface area contributed by atoms with Crippen LogP contribution in [0.2, 0.25) is 0 Å². The Hall–Kier alpha value is -2.11. The topological polar surface area (TPSA) is 41.9 Å². The van der Waals surface area contributed by atoms with Crippen LogP contribution in [0.15, 0.2) is 41.2 Å². The second kappa shape index (κ2) is 6.18. The van der Waals surface area contributed by atoms with Crippen LogP contribution in [0.1, 0.15) is 22.8 Å². The maximum Gasteiger partial charge on any atom is 0.125 e. The zero-order valence-corrected chi connectivity index (χ0v) is 13.9. The van der Waals surface area contributed by atoms with Crippen molar-refractivity contribution in [3.63, 3.8) is 0 Å². The summed E-state index contributed by atoms with van der Waals surface area (Å²) < 4.78 is 0. The molecule has 4 nitrogen and oxygen atoms in total. The van der Waals surface area contributed by atoms with E-state index >= 15 is 0 Å². The standard InChI is InChI=1S/C18H18N4S/c1-13-19-9-15-10-22(7-5-18(15)20-13)11-16-3-2-4-17(21-16)14-6-8-23-12-14/h2-4,6,8-9,12H,5,7,10-11H2,1H3. The first-order valence-corrected chi connectivity index (χ1v) is 8.74. The van der Waals surface area contributed by atoms with Gasteiger partial charge in [-0.15, -0.1) is 0 Å². The number of nitrogens with zero attached hydrogens (tertiary/aromatic N) is 4. The molecule has 0 atom stereocenters. The monoisotopic (exact) mass is 322 g/mol. The number of pyridine rings is 1. The summed E-state index contributed by atoms with van der Waals surface area (Å²) >= 11 is 1.71. The van der Waals surface area contributed by atoms with Crippen LogP contribution in [0.3, 0.4) is 0 Å². The number of aryl methyl sites for hydroxylation is 1. The molecule has 0 aliphatic carbocycles. The molecule has 0 bridgehead atoms. The normalized spacial score (nSPS) is 14.7. The summed E-state index contributed by atoms with van der Waals surface area (Å²) in [6, 6.07) is 8.40. The highest BCUT2D eigenvalue weighted by Crippen LogP contribution is 2.22. The Kier molecular flexibility index (Phi) is 3.89. The zero-order chi connectivity index (χ0) is 15.6. The van der Waals surface area contributed by atoms with E-state index in [0.29, 0.717) is 0 Å². The molecule has 0 spiro atoms. The Morgan fingerprint density at radius 2 is 2.17 bits per heavy atom. The van der Waals surface area contributed by atoms with Crippen molar-refractivity contribution in [2.75, 3.05) is 6.54 Å². The molecule has 0 fully saturated rings. The smallest absolute Gasteiger partial charge is 0.125 e. The fourth-order valence-electron chi connectivity index (χ4n) is 2.98. The average molecular weight is 322 g/mol. The van der Waals surface area contributed by atoms with Crippen LogP contribution >= 0.6 is 11.3 Å². The van der Waals surface area contributed by atoms with Crippen LogP contribution in [0, 0.1) is 6.92 Å². The second-order valence-corrected chi connectivity index (χ2v) is 6.66. The highest BCUT2D eigenvalue weighted by atomic mass is 32.1. The van der Waals surface area contributed by atoms with E-state index in [1.54, 1.807) is 11.3 Å². The number of fused-ring (bicyclic) bond motifs is 1. The molecule has 0 aromatic carbocycles. The molecule has 0 saturated carbocycles. The van der Waals surface area contributed by atoms with Crippen molar-refractivity contribution in [3.8, 4) is 11.3 Å². The van der Waals surface area contributed by atoms with Crippen molar-refractivity contribution in [3.05, 3.63) is 64.0 Å². The van der Waals surface area contributed by atoms with Crippen LogP contribution in [-0.2, 0) is 19.5 Å². The van der Waals surface area contributed by atoms with Crippen LogP contribution in [0.25, 0.3) is 11.3 Å². The zero-order valence-electron chi connectivity index (χ0n) is 13.1. The van der Waals surface area contributed by atoms with E-state index in [4.69, 9.17) is 4.98 Å². The van der Waals surface area contributed by atoms with Crippen LogP contribution < -0.4 is 0 Å². The maximum atomic E-state index is 4.81. The lowest BCUT2D eigenvalue weighted by molar-refractivity contribution is 0.240. The highest BCUT2D eigenvalue weighted by Gasteiger charge is 2.18. The number of hydrogen-bond acceptors (Lipinski definition) is 5. The first kappa shape index (κ1) is 14.5. The summed E-state index contributed by atoms with van der Waals surface area (Å²) in [5.41, 5.74) is 5.82. The molecule has 1 aliphatic rings. The van der Waals surface area contributed by atoms with Crippen molar-refractivity contribution in [1.82, 2.24) is 19.9 Å². The third-order valence-electron chi connectivity index (χ3n) is 4.14. The SMILES string of the molecule is Cc1ncc2c(n1)CCN(Cc1cccc(-c3ccsc3)n1)C2. The summed E-state index contributed by atoms with van der Waals surface area (Å²) in [5.74, 6) is 0.863. The molecule has 1 aliphatic heterocycles. The number of thiophene rings is 1. The molecule has 3 aromatic rings. The molecule has 5 heteroatoms. The molecular weight excluding hydrogens is 304 g/mol. The fourth-order valence-corrected chi connectivity index (χ4v) is 3.63. The van der Waals surface area contributed by atoms with Gasteiger partial charge in [-0.25, -0.2) is 9.97 Å². The fraction of sp³-hybridized carbons (Fsp3) is 0.278. The van der Waals surface area contributed by atoms with Crippen molar-refractivity contribution in [2.24, 2.45) is 0 Å². The van der Waals surface area contributed by atoms with Crippen LogP contribution in [0.4, 0.5) is 0 Å². The van der Waals surface area contributed by atoms with Gasteiger partial charge in [-0.2, -0.15) is 11.3 Å². The minimum Gasteiger partial charge on any atom is -0.293 e. The van der Waals surface area contributed by atoms with Gasteiger partial charge >= 0.3 is 0 Å². The number of aromatic nitrogens is 3. The van der Waals surface area contributed by atoms with E-state index < -0.39 is 0 Å². The first-order chi connectivity index (χ1) is 11.3. The Bertz CT molecular complexity index is 814. The van der Waals surface area contributed by atoms with E-state index in [9.17, 15) is 0 Å². The van der Waals surface area contributed by atoms with Crippen LogP contribution in [0.5, 0.6) is 0 Å². The van der Waals surface area contributed by atoms with E-state index in [2.05, 4.69) is 49.9 Å². The maximum absolute atomic E-state index is 4.81. The third-order valence-corrected chi connectivity index (χ3v) is 4.83. The Morgan fingerprint density at radius 3 is 3.04 bits per heavy atom. The summed E-state index contributed by atoms with van der Waals surface area (Å²) in [7, 11) is 0. The predicted octanol–water partition coefficient (Wildman–Crippen LogP) is 3.47. The average Bonchev–Trinajstić information content (AvgIpc) is 3.10. The Morgan fingerprint density at radius 1 is 1.22 bits per heavy atom. The van der Waals surface area contributed by atoms with Crippen molar-refractivity contribution in [2.45, 2.75) is 26.4 Å². The molecule has 0 radical (unpaired) electrons. The third kappa shape index (κ3) is 3.16. The molecule has 4 rings (SSSR count). The molecular formula is C18H18N4S. The summed E-state index contributed by atoms with van der Waals surface area (Å²) in [6.07, 6.45) is 2.96. The quantitative estimate of drug-likeness (QED) is 0.740. The van der Waals surface area contributed by atoms with Gasteiger partial charge < -0.3 is 0 Å². The van der Waals surface area contributed by atoms with Gasteiger partial charge in [-0.1, -0.05) is 6.07 Å². The van der Waals surface area contributed by atoms with Gasteiger partial charge in [0, 0.05) is 54.5 Å². The summed E-state index contributed by atoms with van der Waals surface area (Å²) in [4.78, 5) is 16.1. The first-order valence-electron chi connectivity index (χ1n) is 7.80. The molecule has 116 valence electrons. The lowest BCUT2D eigenvalue weighted by atomic mass is 10.1. The second-order valence-electron chi connectivity index (χ2n) is 5.88. The van der Waals surface area contributed by atoms with E-state index in [0.717, 1.165) is 43.3 Å². The van der Waals surface area contributed by atoms with Gasteiger partial charge in [0.1, 0.15) is 5.82 Å². The molecule has 23 heavy (non-hydrogen) atoms. The van der Waals surface area contributed by atoms with Gasteiger partial charge in [-0.05, 0) is 30.5 Å². The molecule has 4 heterocycles. The van der Waals surface area contributed by atoms with Crippen LogP contribution in [-0.4, -0.2) is 26.4 Å².